The Bertz CT molecular complexity index is 461. The Balaban J connectivity index is 2.24. The van der Waals surface area contributed by atoms with Crippen LogP contribution >= 0.6 is 15.9 Å². The second kappa shape index (κ2) is 4.92. The summed E-state index contributed by atoms with van der Waals surface area (Å²) in [6, 6.07) is 5.47. The molecule has 0 bridgehead atoms. The number of hydrogen-bond acceptors (Lipinski definition) is 2. The number of aromatic carboxylic acids is 1. The van der Waals surface area contributed by atoms with Gasteiger partial charge in [0.2, 0.25) is 0 Å². The van der Waals surface area contributed by atoms with Crippen molar-refractivity contribution in [3.63, 3.8) is 0 Å². The van der Waals surface area contributed by atoms with Crippen molar-refractivity contribution in [2.75, 3.05) is 18.0 Å². The molecule has 0 saturated carbocycles. The molecule has 1 saturated heterocycles. The van der Waals surface area contributed by atoms with Crippen molar-refractivity contribution in [3.8, 4) is 0 Å². The van der Waals surface area contributed by atoms with Gasteiger partial charge in [0.15, 0.2) is 0 Å². The maximum absolute atomic E-state index is 11.3. The minimum atomic E-state index is -0.864. The molecule has 0 radical (unpaired) electrons. The fraction of sp³-hybridized carbons (Fsp3) is 0.500. The van der Waals surface area contributed by atoms with Crippen molar-refractivity contribution >= 4 is 27.6 Å². The predicted octanol–water partition coefficient (Wildman–Crippen LogP) is 3.77. The Labute approximate surface area is 116 Å². The maximum atomic E-state index is 11.3. The summed E-state index contributed by atoms with van der Waals surface area (Å²) in [6.07, 6.45) is 2.30. The molecule has 1 fully saturated rings. The lowest BCUT2D eigenvalue weighted by atomic mass is 9.75. The minimum absolute atomic E-state index is 0.378. The summed E-state index contributed by atoms with van der Waals surface area (Å²) >= 11 is 3.32. The monoisotopic (exact) mass is 311 g/mol. The van der Waals surface area contributed by atoms with E-state index in [9.17, 15) is 9.90 Å². The van der Waals surface area contributed by atoms with Crippen LogP contribution in [-0.4, -0.2) is 24.2 Å². The smallest absolute Gasteiger partial charge is 0.337 e. The van der Waals surface area contributed by atoms with Gasteiger partial charge in [0.1, 0.15) is 0 Å². The van der Waals surface area contributed by atoms with Crippen LogP contribution in [0.15, 0.2) is 22.7 Å². The van der Waals surface area contributed by atoms with E-state index in [1.807, 2.05) is 12.1 Å². The topological polar surface area (TPSA) is 40.5 Å². The number of rotatable bonds is 4. The number of nitrogens with zero attached hydrogens (tertiary/aromatic N) is 1. The van der Waals surface area contributed by atoms with Crippen LogP contribution in [0.4, 0.5) is 5.69 Å². The molecule has 18 heavy (non-hydrogen) atoms. The van der Waals surface area contributed by atoms with Crippen LogP contribution in [0, 0.1) is 5.41 Å². The van der Waals surface area contributed by atoms with E-state index in [-0.39, 0.29) is 0 Å². The quantitative estimate of drug-likeness (QED) is 0.920. The summed E-state index contributed by atoms with van der Waals surface area (Å²) in [7, 11) is 0. The van der Waals surface area contributed by atoms with Gasteiger partial charge in [0.25, 0.3) is 0 Å². The van der Waals surface area contributed by atoms with E-state index < -0.39 is 5.97 Å². The summed E-state index contributed by atoms with van der Waals surface area (Å²) in [5.41, 5.74) is 1.59. The molecule has 0 unspecified atom stereocenters. The first-order valence-electron chi connectivity index (χ1n) is 6.29. The van der Waals surface area contributed by atoms with E-state index >= 15 is 0 Å². The lowest BCUT2D eigenvalue weighted by Gasteiger charge is -2.51. The second-order valence-corrected chi connectivity index (χ2v) is 5.95. The standard InChI is InChI=1S/C14H18BrNO2/c1-3-14(4-2)8-16(9-14)12-6-5-10(15)7-11(12)13(17)18/h5-7H,3-4,8-9H2,1-2H3,(H,17,18). The van der Waals surface area contributed by atoms with E-state index in [1.54, 1.807) is 6.07 Å². The lowest BCUT2D eigenvalue weighted by Crippen LogP contribution is -2.56. The number of halogens is 1. The normalized spacial score (nSPS) is 17.4. The fourth-order valence-electron chi connectivity index (χ4n) is 2.59. The third-order valence-electron chi connectivity index (χ3n) is 4.08. The van der Waals surface area contributed by atoms with Crippen molar-refractivity contribution in [1.29, 1.82) is 0 Å². The molecule has 0 aliphatic carbocycles. The number of hydrogen-bond donors (Lipinski definition) is 1. The third-order valence-corrected chi connectivity index (χ3v) is 4.58. The van der Waals surface area contributed by atoms with Gasteiger partial charge in [0.05, 0.1) is 11.3 Å². The summed E-state index contributed by atoms with van der Waals surface area (Å²) in [4.78, 5) is 13.4. The Morgan fingerprint density at radius 2 is 2.00 bits per heavy atom. The highest BCUT2D eigenvalue weighted by atomic mass is 79.9. The van der Waals surface area contributed by atoms with Gasteiger partial charge in [-0.25, -0.2) is 4.79 Å². The van der Waals surface area contributed by atoms with Crippen LogP contribution in [0.5, 0.6) is 0 Å². The molecular weight excluding hydrogens is 294 g/mol. The van der Waals surface area contributed by atoms with Crippen molar-refractivity contribution in [2.24, 2.45) is 5.41 Å². The molecule has 3 nitrogen and oxygen atoms in total. The van der Waals surface area contributed by atoms with Gasteiger partial charge >= 0.3 is 5.97 Å². The molecule has 1 aliphatic rings. The first-order chi connectivity index (χ1) is 8.51. The van der Waals surface area contributed by atoms with E-state index in [2.05, 4.69) is 34.7 Å². The van der Waals surface area contributed by atoms with Gasteiger partial charge in [-0.1, -0.05) is 29.8 Å². The molecule has 0 aromatic heterocycles. The SMILES string of the molecule is CCC1(CC)CN(c2ccc(Br)cc2C(=O)O)C1. The molecule has 4 heteroatoms. The van der Waals surface area contributed by atoms with Crippen molar-refractivity contribution in [3.05, 3.63) is 28.2 Å². The zero-order chi connectivity index (χ0) is 13.3. The highest BCUT2D eigenvalue weighted by Crippen LogP contribution is 2.41. The number of carboxylic acid groups (broad SMARTS) is 1. The summed E-state index contributed by atoms with van der Waals surface area (Å²) in [5.74, 6) is -0.864. The van der Waals surface area contributed by atoms with E-state index in [4.69, 9.17) is 0 Å². The maximum Gasteiger partial charge on any atom is 0.337 e. The average Bonchev–Trinajstić information content (AvgIpc) is 2.30. The molecule has 98 valence electrons. The number of benzene rings is 1. The molecule has 1 aliphatic heterocycles. The van der Waals surface area contributed by atoms with Crippen LogP contribution in [0.25, 0.3) is 0 Å². The third kappa shape index (κ3) is 2.26. The number of carboxylic acids is 1. The Kier molecular flexibility index (Phi) is 3.66. The Hall–Kier alpha value is -1.03. The molecule has 1 N–H and O–H groups in total. The minimum Gasteiger partial charge on any atom is -0.478 e. The molecule has 0 spiro atoms. The predicted molar refractivity (Wildman–Crippen MR) is 76.3 cm³/mol. The van der Waals surface area contributed by atoms with E-state index in [0.717, 1.165) is 36.1 Å². The van der Waals surface area contributed by atoms with Crippen LogP contribution < -0.4 is 4.90 Å². The van der Waals surface area contributed by atoms with Gasteiger partial charge in [-0.3, -0.25) is 0 Å². The van der Waals surface area contributed by atoms with Crippen molar-refractivity contribution in [2.45, 2.75) is 26.7 Å². The fourth-order valence-corrected chi connectivity index (χ4v) is 2.95. The average molecular weight is 312 g/mol. The van der Waals surface area contributed by atoms with E-state index in [0.29, 0.717) is 11.0 Å². The zero-order valence-corrected chi connectivity index (χ0v) is 12.3. The summed E-state index contributed by atoms with van der Waals surface area (Å²) < 4.78 is 0.807. The van der Waals surface area contributed by atoms with Crippen LogP contribution in [0.3, 0.4) is 0 Å². The van der Waals surface area contributed by atoms with Gasteiger partial charge < -0.3 is 10.0 Å². The van der Waals surface area contributed by atoms with E-state index in [1.165, 1.54) is 0 Å². The highest BCUT2D eigenvalue weighted by molar-refractivity contribution is 9.10. The zero-order valence-electron chi connectivity index (χ0n) is 10.7. The van der Waals surface area contributed by atoms with Gasteiger partial charge in [-0.2, -0.15) is 0 Å². The highest BCUT2D eigenvalue weighted by Gasteiger charge is 2.40. The van der Waals surface area contributed by atoms with Crippen molar-refractivity contribution in [1.82, 2.24) is 0 Å². The molecule has 1 aromatic carbocycles. The first kappa shape index (κ1) is 13.4. The second-order valence-electron chi connectivity index (χ2n) is 5.03. The van der Waals surface area contributed by atoms with Crippen LogP contribution in [0.2, 0.25) is 0 Å². The molecular formula is C14H18BrNO2. The molecule has 2 rings (SSSR count). The molecule has 0 atom stereocenters. The molecule has 1 heterocycles. The van der Waals surface area contributed by atoms with Gasteiger partial charge in [-0.15, -0.1) is 0 Å². The van der Waals surface area contributed by atoms with Gasteiger partial charge in [0, 0.05) is 23.0 Å². The van der Waals surface area contributed by atoms with Gasteiger partial charge in [-0.05, 0) is 31.0 Å². The van der Waals surface area contributed by atoms with Crippen LogP contribution in [-0.2, 0) is 0 Å². The van der Waals surface area contributed by atoms with Crippen molar-refractivity contribution < 1.29 is 9.90 Å². The summed E-state index contributed by atoms with van der Waals surface area (Å²) in [5, 5.41) is 9.26. The van der Waals surface area contributed by atoms with Crippen LogP contribution in [0.1, 0.15) is 37.0 Å². The first-order valence-corrected chi connectivity index (χ1v) is 7.08. The number of carbonyl (C=O) groups is 1. The molecule has 0 amide bonds. The molecule has 1 aromatic rings. The summed E-state index contributed by atoms with van der Waals surface area (Å²) in [6.45, 7) is 6.34. The Morgan fingerprint density at radius 3 is 2.50 bits per heavy atom. The lowest BCUT2D eigenvalue weighted by molar-refractivity contribution is 0.0696. The Morgan fingerprint density at radius 1 is 1.39 bits per heavy atom. The largest absolute Gasteiger partial charge is 0.478 e. The number of anilines is 1.